The van der Waals surface area contributed by atoms with Crippen molar-refractivity contribution in [2.24, 2.45) is 5.73 Å². The number of nitrogens with zero attached hydrogens (tertiary/aromatic N) is 4. The van der Waals surface area contributed by atoms with Crippen LogP contribution in [-0.4, -0.2) is 31.1 Å². The van der Waals surface area contributed by atoms with E-state index in [0.717, 1.165) is 6.20 Å². The van der Waals surface area contributed by atoms with Crippen molar-refractivity contribution in [3.63, 3.8) is 0 Å². The first-order valence-corrected chi connectivity index (χ1v) is 9.62. The first-order chi connectivity index (χ1) is 14.6. The molecule has 7 nitrogen and oxygen atoms in total. The second-order valence-electron chi connectivity index (χ2n) is 7.49. The number of rotatable bonds is 5. The molecule has 31 heavy (non-hydrogen) atoms. The number of pyridine rings is 1. The molecular weight excluding hydrogens is 423 g/mol. The molecule has 0 bridgehead atoms. The number of imidazole rings is 1. The van der Waals surface area contributed by atoms with Crippen LogP contribution in [-0.2, 0) is 6.18 Å². The van der Waals surface area contributed by atoms with E-state index in [2.05, 4.69) is 15.4 Å². The number of hydrogen-bond donors (Lipinski definition) is 2. The highest BCUT2D eigenvalue weighted by Gasteiger charge is 2.34. The molecule has 0 spiro atoms. The molecule has 0 unspecified atom stereocenters. The summed E-state index contributed by atoms with van der Waals surface area (Å²) in [5, 5.41) is 7.10. The number of aromatic nitrogens is 4. The van der Waals surface area contributed by atoms with E-state index in [4.69, 9.17) is 5.73 Å². The molecule has 1 aliphatic carbocycles. The molecule has 1 aliphatic rings. The van der Waals surface area contributed by atoms with Crippen molar-refractivity contribution < 1.29 is 26.7 Å². The molecule has 3 N–H and O–H groups in total. The van der Waals surface area contributed by atoms with Crippen LogP contribution in [0.25, 0.3) is 5.65 Å². The fraction of sp³-hybridized carbons (Fsp3) is 0.421. The van der Waals surface area contributed by atoms with Crippen LogP contribution >= 0.6 is 0 Å². The Morgan fingerprint density at radius 1 is 1.16 bits per heavy atom. The molecule has 0 radical (unpaired) electrons. The standard InChI is InChI=1S/C19H19F5N6O/c20-17(21)16-12(18(25)31)8-30(28-16)11-6-4-10(5-7-11)26-14-2-1-3-15-27-13(9-29(14)15)19(22,23)24/h1-3,8-11,17,26H,4-7H2,(H2,25,31). The fourth-order valence-corrected chi connectivity index (χ4v) is 3.90. The van der Waals surface area contributed by atoms with Gasteiger partial charge in [0.25, 0.3) is 12.3 Å². The first-order valence-electron chi connectivity index (χ1n) is 9.62. The molecule has 166 valence electrons. The Bertz CT molecular complexity index is 1100. The largest absolute Gasteiger partial charge is 0.434 e. The zero-order chi connectivity index (χ0) is 22.3. The number of carbonyl (C=O) groups is 1. The van der Waals surface area contributed by atoms with Crippen LogP contribution in [0.2, 0.25) is 0 Å². The van der Waals surface area contributed by atoms with E-state index in [-0.39, 0.29) is 23.3 Å². The highest BCUT2D eigenvalue weighted by Crippen LogP contribution is 2.33. The van der Waals surface area contributed by atoms with Gasteiger partial charge in [-0.1, -0.05) is 6.07 Å². The second kappa shape index (κ2) is 7.82. The average molecular weight is 442 g/mol. The van der Waals surface area contributed by atoms with Crippen LogP contribution in [0.15, 0.2) is 30.6 Å². The lowest BCUT2D eigenvalue weighted by atomic mass is 9.91. The Hall–Kier alpha value is -3.18. The predicted octanol–water partition coefficient (Wildman–Crippen LogP) is 4.18. The maximum absolute atomic E-state index is 13.1. The van der Waals surface area contributed by atoms with Gasteiger partial charge in [-0.15, -0.1) is 0 Å². The van der Waals surface area contributed by atoms with Crippen LogP contribution in [0, 0.1) is 0 Å². The Balaban J connectivity index is 1.46. The number of alkyl halides is 5. The molecule has 3 aromatic heterocycles. The minimum Gasteiger partial charge on any atom is -0.368 e. The minimum absolute atomic E-state index is 0.0284. The fourth-order valence-electron chi connectivity index (χ4n) is 3.90. The average Bonchev–Trinajstić information content (AvgIpc) is 3.34. The van der Waals surface area contributed by atoms with Gasteiger partial charge in [-0.05, 0) is 37.8 Å². The summed E-state index contributed by atoms with van der Waals surface area (Å²) >= 11 is 0. The molecule has 0 saturated heterocycles. The monoisotopic (exact) mass is 442 g/mol. The molecule has 1 fully saturated rings. The zero-order valence-electron chi connectivity index (χ0n) is 16.1. The number of hydrogen-bond acceptors (Lipinski definition) is 4. The van der Waals surface area contributed by atoms with Gasteiger partial charge < -0.3 is 11.1 Å². The summed E-state index contributed by atoms with van der Waals surface area (Å²) in [5.74, 6) is -0.470. The zero-order valence-corrected chi connectivity index (χ0v) is 16.1. The van der Waals surface area contributed by atoms with Crippen molar-refractivity contribution in [2.45, 2.75) is 50.4 Å². The summed E-state index contributed by atoms with van der Waals surface area (Å²) < 4.78 is 67.8. The van der Waals surface area contributed by atoms with Crippen molar-refractivity contribution in [1.29, 1.82) is 0 Å². The minimum atomic E-state index is -4.54. The summed E-state index contributed by atoms with van der Waals surface area (Å²) in [4.78, 5) is 15.0. The number of fused-ring (bicyclic) bond motifs is 1. The van der Waals surface area contributed by atoms with Gasteiger partial charge in [0.1, 0.15) is 17.2 Å². The van der Waals surface area contributed by atoms with Crippen LogP contribution < -0.4 is 11.1 Å². The number of carbonyl (C=O) groups excluding carboxylic acids is 1. The van der Waals surface area contributed by atoms with Crippen molar-refractivity contribution in [2.75, 3.05) is 5.32 Å². The molecule has 4 rings (SSSR count). The lowest BCUT2D eigenvalue weighted by Crippen LogP contribution is -2.28. The second-order valence-corrected chi connectivity index (χ2v) is 7.49. The highest BCUT2D eigenvalue weighted by molar-refractivity contribution is 5.93. The summed E-state index contributed by atoms with van der Waals surface area (Å²) in [7, 11) is 0. The van der Waals surface area contributed by atoms with E-state index in [9.17, 15) is 26.7 Å². The lowest BCUT2D eigenvalue weighted by Gasteiger charge is -2.30. The first kappa shape index (κ1) is 21.1. The van der Waals surface area contributed by atoms with Gasteiger partial charge in [0.05, 0.1) is 11.6 Å². The molecule has 1 amide bonds. The van der Waals surface area contributed by atoms with Crippen LogP contribution in [0.3, 0.4) is 0 Å². The van der Waals surface area contributed by atoms with Gasteiger partial charge in [0, 0.05) is 18.4 Å². The number of primary amides is 1. The molecule has 3 aromatic rings. The molecule has 0 aromatic carbocycles. The molecule has 0 aliphatic heterocycles. The van der Waals surface area contributed by atoms with E-state index in [1.165, 1.54) is 21.3 Å². The summed E-state index contributed by atoms with van der Waals surface area (Å²) in [5.41, 5.74) is 3.46. The van der Waals surface area contributed by atoms with Gasteiger partial charge in [-0.3, -0.25) is 13.9 Å². The van der Waals surface area contributed by atoms with E-state index < -0.39 is 29.9 Å². The normalized spacial score (nSPS) is 19.8. The molecule has 3 heterocycles. The van der Waals surface area contributed by atoms with Gasteiger partial charge in [-0.2, -0.15) is 18.3 Å². The Labute approximate surface area is 173 Å². The Morgan fingerprint density at radius 2 is 1.87 bits per heavy atom. The maximum Gasteiger partial charge on any atom is 0.434 e. The molecule has 1 saturated carbocycles. The van der Waals surface area contributed by atoms with Crippen LogP contribution in [0.5, 0.6) is 0 Å². The predicted molar refractivity (Wildman–Crippen MR) is 101 cm³/mol. The number of nitrogens with one attached hydrogen (secondary N) is 1. The van der Waals surface area contributed by atoms with E-state index in [1.807, 2.05) is 0 Å². The van der Waals surface area contributed by atoms with Crippen LogP contribution in [0.4, 0.5) is 27.8 Å². The molecular formula is C19H19F5N6O. The highest BCUT2D eigenvalue weighted by atomic mass is 19.4. The van der Waals surface area contributed by atoms with E-state index in [0.29, 0.717) is 31.5 Å². The summed E-state index contributed by atoms with van der Waals surface area (Å²) in [6.07, 6.45) is -2.78. The third kappa shape index (κ3) is 4.19. The van der Waals surface area contributed by atoms with Gasteiger partial charge in [-0.25, -0.2) is 13.8 Å². The number of nitrogens with two attached hydrogens (primary N) is 1. The third-order valence-corrected chi connectivity index (χ3v) is 5.44. The summed E-state index contributed by atoms with van der Waals surface area (Å²) in [6.45, 7) is 0. The maximum atomic E-state index is 13.1. The Kier molecular flexibility index (Phi) is 5.31. The lowest BCUT2D eigenvalue weighted by molar-refractivity contribution is -0.140. The van der Waals surface area contributed by atoms with Crippen molar-refractivity contribution in [3.8, 4) is 0 Å². The van der Waals surface area contributed by atoms with Crippen LogP contribution in [0.1, 0.15) is 59.9 Å². The SMILES string of the molecule is NC(=O)c1cn(C2CCC(Nc3cccc4nc(C(F)(F)F)cn34)CC2)nc1C(F)F. The van der Waals surface area contributed by atoms with Gasteiger partial charge in [0.2, 0.25) is 0 Å². The van der Waals surface area contributed by atoms with Crippen molar-refractivity contribution >= 4 is 17.4 Å². The number of amides is 1. The van der Waals surface area contributed by atoms with E-state index >= 15 is 0 Å². The van der Waals surface area contributed by atoms with Gasteiger partial charge in [0.15, 0.2) is 5.69 Å². The molecule has 12 heteroatoms. The number of anilines is 1. The third-order valence-electron chi connectivity index (χ3n) is 5.44. The van der Waals surface area contributed by atoms with E-state index in [1.54, 1.807) is 12.1 Å². The smallest absolute Gasteiger partial charge is 0.368 e. The van der Waals surface area contributed by atoms with Crippen molar-refractivity contribution in [1.82, 2.24) is 19.2 Å². The molecule has 0 atom stereocenters. The quantitative estimate of drug-likeness (QED) is 0.580. The van der Waals surface area contributed by atoms with Crippen molar-refractivity contribution in [3.05, 3.63) is 47.5 Å². The van der Waals surface area contributed by atoms with Gasteiger partial charge >= 0.3 is 6.18 Å². The number of halogens is 5. The Morgan fingerprint density at radius 3 is 2.45 bits per heavy atom. The topological polar surface area (TPSA) is 90.2 Å². The summed E-state index contributed by atoms with van der Waals surface area (Å²) in [6, 6.07) is 4.58.